The lowest BCUT2D eigenvalue weighted by Crippen LogP contribution is -2.21. The summed E-state index contributed by atoms with van der Waals surface area (Å²) in [5.41, 5.74) is 0.917. The van der Waals surface area contributed by atoms with Crippen molar-refractivity contribution in [2.75, 3.05) is 17.2 Å². The fourth-order valence-corrected chi connectivity index (χ4v) is 2.61. The van der Waals surface area contributed by atoms with Gasteiger partial charge in [-0.05, 0) is 18.1 Å². The van der Waals surface area contributed by atoms with Gasteiger partial charge in [0.05, 0.1) is 6.54 Å². The van der Waals surface area contributed by atoms with Crippen LogP contribution in [0.1, 0.15) is 18.9 Å². The van der Waals surface area contributed by atoms with Gasteiger partial charge in [-0.1, -0.05) is 43.4 Å². The Labute approximate surface area is 134 Å². The molecule has 0 radical (unpaired) electrons. The van der Waals surface area contributed by atoms with Gasteiger partial charge in [0.25, 0.3) is 0 Å². The number of halogens is 1. The van der Waals surface area contributed by atoms with Gasteiger partial charge < -0.3 is 5.32 Å². The predicted octanol–water partition coefficient (Wildman–Crippen LogP) is 3.21. The van der Waals surface area contributed by atoms with Crippen molar-refractivity contribution in [1.82, 2.24) is 10.2 Å². The van der Waals surface area contributed by atoms with Crippen LogP contribution in [0.2, 0.25) is 0 Å². The van der Waals surface area contributed by atoms with E-state index in [1.54, 1.807) is 0 Å². The molecule has 7 heteroatoms. The molecule has 1 aromatic carbocycles. The van der Waals surface area contributed by atoms with Crippen LogP contribution in [0.25, 0.3) is 0 Å². The summed E-state index contributed by atoms with van der Waals surface area (Å²) in [7, 11) is 0. The van der Waals surface area contributed by atoms with E-state index in [4.69, 9.17) is 0 Å². The van der Waals surface area contributed by atoms with Gasteiger partial charge >= 0.3 is 0 Å². The summed E-state index contributed by atoms with van der Waals surface area (Å²) in [5, 5.41) is 15.3. The first-order valence-corrected chi connectivity index (χ1v) is 7.36. The smallest absolute Gasteiger partial charge is 0.245 e. The first-order chi connectivity index (χ1) is 9.63. The number of benzene rings is 1. The zero-order valence-electron chi connectivity index (χ0n) is 12.0. The van der Waals surface area contributed by atoms with E-state index in [0.717, 1.165) is 17.1 Å². The van der Waals surface area contributed by atoms with E-state index in [0.29, 0.717) is 11.0 Å². The van der Waals surface area contributed by atoms with Gasteiger partial charge in [-0.3, -0.25) is 10.1 Å². The molecule has 0 unspecified atom stereocenters. The Morgan fingerprint density at radius 2 is 1.95 bits per heavy atom. The van der Waals surface area contributed by atoms with Crippen molar-refractivity contribution in [3.8, 4) is 0 Å². The predicted molar refractivity (Wildman–Crippen MR) is 89.3 cm³/mol. The van der Waals surface area contributed by atoms with Gasteiger partial charge in [-0.2, -0.15) is 0 Å². The number of amides is 1. The van der Waals surface area contributed by atoms with Crippen LogP contribution in [0.15, 0.2) is 30.3 Å². The Balaban J connectivity index is 0.00000220. The molecule has 2 N–H and O–H groups in total. The lowest BCUT2D eigenvalue weighted by Gasteiger charge is -2.05. The first kappa shape index (κ1) is 17.4. The monoisotopic (exact) mass is 326 g/mol. The van der Waals surface area contributed by atoms with Crippen LogP contribution in [-0.2, 0) is 11.2 Å². The highest BCUT2D eigenvalue weighted by Gasteiger charge is 2.09. The van der Waals surface area contributed by atoms with Crippen LogP contribution >= 0.6 is 23.7 Å². The third-order valence-corrected chi connectivity index (χ3v) is 3.38. The molecule has 1 amide bonds. The summed E-state index contributed by atoms with van der Waals surface area (Å²) in [6.07, 6.45) is 0.885. The van der Waals surface area contributed by atoms with Crippen LogP contribution in [-0.4, -0.2) is 22.6 Å². The highest BCUT2D eigenvalue weighted by atomic mass is 35.5. The number of aromatic nitrogens is 2. The molecule has 0 atom stereocenters. The van der Waals surface area contributed by atoms with Gasteiger partial charge in [0, 0.05) is 12.1 Å². The van der Waals surface area contributed by atoms with Crippen LogP contribution in [0.3, 0.4) is 0 Å². The van der Waals surface area contributed by atoms with E-state index in [2.05, 4.69) is 34.7 Å². The van der Waals surface area contributed by atoms with E-state index in [1.165, 1.54) is 11.3 Å². The molecule has 0 fully saturated rings. The second-order valence-electron chi connectivity index (χ2n) is 4.87. The fraction of sp³-hybridized carbons (Fsp3) is 0.357. The van der Waals surface area contributed by atoms with E-state index < -0.39 is 0 Å². The van der Waals surface area contributed by atoms with Gasteiger partial charge in [0.15, 0.2) is 0 Å². The minimum atomic E-state index is -0.124. The number of para-hydroxylation sites is 1. The fourth-order valence-electron chi connectivity index (χ4n) is 1.64. The number of nitrogens with zero attached hydrogens (tertiary/aromatic N) is 2. The molecule has 5 nitrogen and oxygen atoms in total. The van der Waals surface area contributed by atoms with Gasteiger partial charge in [-0.25, -0.2) is 0 Å². The highest BCUT2D eigenvalue weighted by molar-refractivity contribution is 7.15. The Morgan fingerprint density at radius 3 is 2.62 bits per heavy atom. The molecule has 1 heterocycles. The number of hydrogen-bond acceptors (Lipinski definition) is 5. The molecule has 21 heavy (non-hydrogen) atoms. The lowest BCUT2D eigenvalue weighted by atomic mass is 10.1. The summed E-state index contributed by atoms with van der Waals surface area (Å²) in [6, 6.07) is 9.60. The number of carbonyl (C=O) groups is 1. The summed E-state index contributed by atoms with van der Waals surface area (Å²) in [6.45, 7) is 4.47. The maximum atomic E-state index is 11.8. The molecule has 0 bridgehead atoms. The third-order valence-electron chi connectivity index (χ3n) is 2.52. The largest absolute Gasteiger partial charge is 0.376 e. The molecule has 0 aliphatic heterocycles. The van der Waals surface area contributed by atoms with Crippen molar-refractivity contribution >= 4 is 40.5 Å². The standard InChI is InChI=1S/C14H18N4OS.ClH/c1-10(2)8-13-17-18-14(20-13)16-12(19)9-15-11-6-4-3-5-7-11;/h3-7,10,15H,8-9H2,1-2H3,(H,16,18,19);1H. The van der Waals surface area contributed by atoms with Crippen molar-refractivity contribution < 1.29 is 4.79 Å². The van der Waals surface area contributed by atoms with Gasteiger partial charge in [-0.15, -0.1) is 22.6 Å². The van der Waals surface area contributed by atoms with Crippen molar-refractivity contribution in [2.24, 2.45) is 5.92 Å². The number of anilines is 2. The van der Waals surface area contributed by atoms with E-state index >= 15 is 0 Å². The van der Waals surface area contributed by atoms with E-state index in [9.17, 15) is 4.79 Å². The summed E-state index contributed by atoms with van der Waals surface area (Å²) in [4.78, 5) is 11.8. The summed E-state index contributed by atoms with van der Waals surface area (Å²) < 4.78 is 0. The van der Waals surface area contributed by atoms with Crippen LogP contribution < -0.4 is 10.6 Å². The molecule has 0 aliphatic carbocycles. The first-order valence-electron chi connectivity index (χ1n) is 6.54. The Kier molecular flexibility index (Phi) is 7.11. The average molecular weight is 327 g/mol. The molecule has 2 rings (SSSR count). The molecular formula is C14H19ClN4OS. The molecule has 1 aromatic heterocycles. The second-order valence-corrected chi connectivity index (χ2v) is 5.93. The van der Waals surface area contributed by atoms with Crippen LogP contribution in [0.5, 0.6) is 0 Å². The number of nitrogens with one attached hydrogen (secondary N) is 2. The van der Waals surface area contributed by atoms with E-state index in [1.807, 2.05) is 30.3 Å². The Hall–Kier alpha value is -1.66. The molecule has 0 saturated heterocycles. The minimum absolute atomic E-state index is 0. The molecule has 0 aliphatic rings. The normalized spacial score (nSPS) is 10.0. The van der Waals surface area contributed by atoms with Crippen molar-refractivity contribution in [3.63, 3.8) is 0 Å². The quantitative estimate of drug-likeness (QED) is 0.855. The lowest BCUT2D eigenvalue weighted by molar-refractivity contribution is -0.114. The van der Waals surface area contributed by atoms with Crippen molar-refractivity contribution in [3.05, 3.63) is 35.3 Å². The van der Waals surface area contributed by atoms with Gasteiger partial charge in [0.1, 0.15) is 5.01 Å². The SMILES string of the molecule is CC(C)Cc1nnc(NC(=O)CNc2ccccc2)s1.Cl. The maximum absolute atomic E-state index is 11.8. The summed E-state index contributed by atoms with van der Waals surface area (Å²) in [5.74, 6) is 0.410. The highest BCUT2D eigenvalue weighted by Crippen LogP contribution is 2.18. The molecule has 0 saturated carbocycles. The molecule has 114 valence electrons. The van der Waals surface area contributed by atoms with E-state index in [-0.39, 0.29) is 24.9 Å². The number of hydrogen-bond donors (Lipinski definition) is 2. The number of carbonyl (C=O) groups excluding carboxylic acids is 1. The zero-order chi connectivity index (χ0) is 14.4. The maximum Gasteiger partial charge on any atom is 0.245 e. The van der Waals surface area contributed by atoms with Crippen LogP contribution in [0, 0.1) is 5.92 Å². The summed E-state index contributed by atoms with van der Waals surface area (Å²) >= 11 is 1.43. The van der Waals surface area contributed by atoms with Gasteiger partial charge in [0.2, 0.25) is 11.0 Å². The van der Waals surface area contributed by atoms with Crippen LogP contribution in [0.4, 0.5) is 10.8 Å². The minimum Gasteiger partial charge on any atom is -0.376 e. The van der Waals surface area contributed by atoms with Crippen molar-refractivity contribution in [1.29, 1.82) is 0 Å². The zero-order valence-corrected chi connectivity index (χ0v) is 13.6. The topological polar surface area (TPSA) is 66.9 Å². The Bertz CT molecular complexity index is 559. The number of rotatable bonds is 6. The Morgan fingerprint density at radius 1 is 1.24 bits per heavy atom. The third kappa shape index (κ3) is 6.10. The second kappa shape index (κ2) is 8.59. The molecule has 2 aromatic rings. The molecular weight excluding hydrogens is 308 g/mol. The molecule has 0 spiro atoms. The average Bonchev–Trinajstić information content (AvgIpc) is 2.84. The van der Waals surface area contributed by atoms with Crippen molar-refractivity contribution in [2.45, 2.75) is 20.3 Å².